The van der Waals surface area contributed by atoms with Crippen LogP contribution < -0.4 is 14.8 Å². The Bertz CT molecular complexity index is 515. The van der Waals surface area contributed by atoms with Crippen LogP contribution in [-0.4, -0.2) is 19.3 Å². The molecule has 0 radical (unpaired) electrons. The molecular weight excluding hydrogens is 318 g/mol. The Morgan fingerprint density at radius 2 is 1.80 bits per heavy atom. The van der Waals surface area contributed by atoms with E-state index in [-0.39, 0.29) is 0 Å². The van der Waals surface area contributed by atoms with Crippen molar-refractivity contribution >= 4 is 21.6 Å². The first kappa shape index (κ1) is 14.1. The Labute approximate surface area is 129 Å². The van der Waals surface area contributed by atoms with Gasteiger partial charge in [0.1, 0.15) is 13.2 Å². The van der Waals surface area contributed by atoms with Gasteiger partial charge in [-0.25, -0.2) is 0 Å². The van der Waals surface area contributed by atoms with Crippen molar-refractivity contribution in [3.63, 3.8) is 0 Å². The van der Waals surface area contributed by atoms with Crippen LogP contribution in [0.5, 0.6) is 11.5 Å². The Hall–Kier alpha value is -0.900. The fraction of sp³-hybridized carbons (Fsp3) is 0.625. The summed E-state index contributed by atoms with van der Waals surface area (Å²) in [5.74, 6) is 2.35. The van der Waals surface area contributed by atoms with Crippen LogP contribution in [0.25, 0.3) is 0 Å². The van der Waals surface area contributed by atoms with Gasteiger partial charge in [0.2, 0.25) is 0 Å². The van der Waals surface area contributed by atoms with Crippen molar-refractivity contribution in [3.05, 3.63) is 16.6 Å². The van der Waals surface area contributed by atoms with Crippen LogP contribution in [0.3, 0.4) is 0 Å². The second-order valence-corrected chi connectivity index (χ2v) is 7.63. The van der Waals surface area contributed by atoms with E-state index in [4.69, 9.17) is 9.47 Å². The largest absolute Gasteiger partial charge is 0.486 e. The fourth-order valence-corrected chi connectivity index (χ4v) is 3.90. The lowest BCUT2D eigenvalue weighted by Crippen LogP contribution is -2.23. The van der Waals surface area contributed by atoms with Gasteiger partial charge in [-0.05, 0) is 40.1 Å². The van der Waals surface area contributed by atoms with E-state index in [2.05, 4.69) is 48.1 Å². The van der Waals surface area contributed by atoms with Gasteiger partial charge in [0.25, 0.3) is 0 Å². The topological polar surface area (TPSA) is 30.5 Å². The summed E-state index contributed by atoms with van der Waals surface area (Å²) in [6, 6.07) is 4.57. The van der Waals surface area contributed by atoms with Gasteiger partial charge in [0.05, 0.1) is 5.69 Å². The highest BCUT2D eigenvalue weighted by atomic mass is 79.9. The van der Waals surface area contributed by atoms with Gasteiger partial charge < -0.3 is 14.8 Å². The van der Waals surface area contributed by atoms with Crippen molar-refractivity contribution in [1.82, 2.24) is 0 Å². The summed E-state index contributed by atoms with van der Waals surface area (Å²) in [6.45, 7) is 8.29. The summed E-state index contributed by atoms with van der Waals surface area (Å²) in [6.07, 6.45) is 2.47. The summed E-state index contributed by atoms with van der Waals surface area (Å²) in [4.78, 5) is 0. The van der Waals surface area contributed by atoms with Crippen molar-refractivity contribution in [2.75, 3.05) is 18.5 Å². The number of ether oxygens (including phenoxy) is 2. The maximum Gasteiger partial charge on any atom is 0.163 e. The maximum absolute atomic E-state index is 5.67. The van der Waals surface area contributed by atoms with Gasteiger partial charge in [-0.2, -0.15) is 0 Å². The zero-order valence-electron chi connectivity index (χ0n) is 12.3. The van der Waals surface area contributed by atoms with Gasteiger partial charge in [-0.15, -0.1) is 0 Å². The molecule has 0 saturated heterocycles. The number of rotatable bonds is 2. The van der Waals surface area contributed by atoms with Crippen LogP contribution in [0.2, 0.25) is 0 Å². The number of halogens is 1. The van der Waals surface area contributed by atoms with E-state index in [1.807, 2.05) is 6.07 Å². The molecular formula is C16H22BrNO2. The monoisotopic (exact) mass is 339 g/mol. The van der Waals surface area contributed by atoms with E-state index < -0.39 is 0 Å². The lowest BCUT2D eigenvalue weighted by molar-refractivity contribution is 0.171. The van der Waals surface area contributed by atoms with E-state index >= 15 is 0 Å². The molecule has 1 aliphatic heterocycles. The number of hydrogen-bond donors (Lipinski definition) is 1. The lowest BCUT2D eigenvalue weighted by atomic mass is 9.91. The minimum atomic E-state index is 0.428. The van der Waals surface area contributed by atoms with Crippen LogP contribution in [0.1, 0.15) is 33.6 Å². The van der Waals surface area contributed by atoms with Crippen molar-refractivity contribution < 1.29 is 9.47 Å². The van der Waals surface area contributed by atoms with Crippen LogP contribution >= 0.6 is 15.9 Å². The third-order valence-electron chi connectivity index (χ3n) is 4.31. The molecule has 1 fully saturated rings. The number of benzene rings is 1. The molecule has 3 nitrogen and oxygen atoms in total. The molecule has 2 unspecified atom stereocenters. The predicted molar refractivity (Wildman–Crippen MR) is 84.7 cm³/mol. The third kappa shape index (κ3) is 2.76. The number of fused-ring (bicyclic) bond motifs is 1. The predicted octanol–water partition coefficient (Wildman–Crippen LogP) is 4.46. The second kappa shape index (κ2) is 5.14. The summed E-state index contributed by atoms with van der Waals surface area (Å²) in [5.41, 5.74) is 1.53. The zero-order chi connectivity index (χ0) is 14.3. The Balaban J connectivity index is 1.81. The zero-order valence-corrected chi connectivity index (χ0v) is 13.9. The highest BCUT2D eigenvalue weighted by Crippen LogP contribution is 2.44. The fourth-order valence-electron chi connectivity index (χ4n) is 3.46. The molecule has 2 aliphatic rings. The molecule has 3 rings (SSSR count). The Morgan fingerprint density at radius 3 is 2.40 bits per heavy atom. The van der Waals surface area contributed by atoms with E-state index in [0.29, 0.717) is 30.6 Å². The molecule has 110 valence electrons. The number of anilines is 1. The summed E-state index contributed by atoms with van der Waals surface area (Å²) in [5, 5.41) is 3.68. The van der Waals surface area contributed by atoms with Crippen molar-refractivity contribution in [1.29, 1.82) is 0 Å². The molecule has 0 amide bonds. The smallest absolute Gasteiger partial charge is 0.163 e. The Kier molecular flexibility index (Phi) is 3.61. The minimum Gasteiger partial charge on any atom is -0.486 e. The average molecular weight is 340 g/mol. The summed E-state index contributed by atoms with van der Waals surface area (Å²) < 4.78 is 12.3. The van der Waals surface area contributed by atoms with E-state index in [0.717, 1.165) is 21.7 Å². The average Bonchev–Trinajstić information content (AvgIpc) is 2.63. The number of hydrogen-bond acceptors (Lipinski definition) is 3. The first-order chi connectivity index (χ1) is 9.44. The van der Waals surface area contributed by atoms with Gasteiger partial charge in [0.15, 0.2) is 11.5 Å². The SMILES string of the molecule is CC1CC(C)(C)CC1Nc1cc2c(cc1Br)OCCO2. The van der Waals surface area contributed by atoms with E-state index in [9.17, 15) is 0 Å². The molecule has 0 aromatic heterocycles. The molecule has 1 aromatic carbocycles. The van der Waals surface area contributed by atoms with Gasteiger partial charge in [-0.3, -0.25) is 0 Å². The Morgan fingerprint density at radius 1 is 1.15 bits per heavy atom. The normalized spacial score (nSPS) is 27.4. The highest BCUT2D eigenvalue weighted by Gasteiger charge is 2.36. The molecule has 1 N–H and O–H groups in total. The molecule has 4 heteroatoms. The van der Waals surface area contributed by atoms with Gasteiger partial charge >= 0.3 is 0 Å². The van der Waals surface area contributed by atoms with Gasteiger partial charge in [0, 0.05) is 22.6 Å². The van der Waals surface area contributed by atoms with E-state index in [1.54, 1.807) is 0 Å². The van der Waals surface area contributed by atoms with Gasteiger partial charge in [-0.1, -0.05) is 20.8 Å². The van der Waals surface area contributed by atoms with Crippen LogP contribution in [0, 0.1) is 11.3 Å². The van der Waals surface area contributed by atoms with Crippen molar-refractivity contribution in [2.24, 2.45) is 11.3 Å². The first-order valence-corrected chi connectivity index (χ1v) is 8.10. The molecule has 1 aromatic rings. The standard InChI is InChI=1S/C16H22BrNO2/c1-10-8-16(2,3)9-13(10)18-12-7-15-14(6-11(12)17)19-4-5-20-15/h6-7,10,13,18H,4-5,8-9H2,1-3H3. The third-order valence-corrected chi connectivity index (χ3v) is 4.96. The minimum absolute atomic E-state index is 0.428. The second-order valence-electron chi connectivity index (χ2n) is 6.78. The van der Waals surface area contributed by atoms with Crippen molar-refractivity contribution in [3.8, 4) is 11.5 Å². The van der Waals surface area contributed by atoms with E-state index in [1.165, 1.54) is 12.8 Å². The quantitative estimate of drug-likeness (QED) is 0.862. The molecule has 2 atom stereocenters. The summed E-state index contributed by atoms with van der Waals surface area (Å²) >= 11 is 3.63. The molecule has 1 saturated carbocycles. The lowest BCUT2D eigenvalue weighted by Gasteiger charge is -2.24. The maximum atomic E-state index is 5.67. The summed E-state index contributed by atoms with van der Waals surface area (Å²) in [7, 11) is 0. The molecule has 0 spiro atoms. The first-order valence-electron chi connectivity index (χ1n) is 7.30. The molecule has 0 bridgehead atoms. The molecule has 20 heavy (non-hydrogen) atoms. The van der Waals surface area contributed by atoms with Crippen LogP contribution in [-0.2, 0) is 0 Å². The molecule has 1 heterocycles. The van der Waals surface area contributed by atoms with Crippen LogP contribution in [0.15, 0.2) is 16.6 Å². The van der Waals surface area contributed by atoms with Crippen LogP contribution in [0.4, 0.5) is 5.69 Å². The van der Waals surface area contributed by atoms with Crippen molar-refractivity contribution in [2.45, 2.75) is 39.7 Å². The highest BCUT2D eigenvalue weighted by molar-refractivity contribution is 9.10. The molecule has 1 aliphatic carbocycles. The number of nitrogens with one attached hydrogen (secondary N) is 1.